The molecule has 180 valence electrons. The number of aromatic nitrogens is 3. The van der Waals surface area contributed by atoms with Gasteiger partial charge in [-0.15, -0.1) is 10.2 Å². The van der Waals surface area contributed by atoms with E-state index in [0.29, 0.717) is 11.1 Å². The molecule has 0 radical (unpaired) electrons. The summed E-state index contributed by atoms with van der Waals surface area (Å²) >= 11 is 1.38. The smallest absolute Gasteiger partial charge is 0.234 e. The number of aryl methyl sites for hydroxylation is 1. The molecular formula is C26H34N6OS. The average molecular weight is 479 g/mol. The molecule has 1 aliphatic heterocycles. The van der Waals surface area contributed by atoms with E-state index in [1.165, 1.54) is 28.6 Å². The minimum absolute atomic E-state index is 0.0570. The molecule has 1 aliphatic rings. The normalized spacial score (nSPS) is 14.6. The summed E-state index contributed by atoms with van der Waals surface area (Å²) in [6.45, 7) is 14.1. The first kappa shape index (κ1) is 24.3. The molecule has 1 fully saturated rings. The average Bonchev–Trinajstić information content (AvgIpc) is 3.32. The van der Waals surface area contributed by atoms with Gasteiger partial charge in [0.25, 0.3) is 0 Å². The molecule has 1 N–H and O–H groups in total. The van der Waals surface area contributed by atoms with Gasteiger partial charge in [-0.3, -0.25) is 9.36 Å². The standard InChI is InChI=1S/C26H34N6OS/c1-5-30-12-14-31(15-13-30)24-11-8-22(16-20(24)4)28-25(33)17-34-26-29-27-18-32(26)23-9-6-21(7-10-23)19(2)3/h6-11,16,18-19H,5,12-15,17H2,1-4H3,(H,28,33). The summed E-state index contributed by atoms with van der Waals surface area (Å²) in [4.78, 5) is 17.5. The Morgan fingerprint density at radius 2 is 1.82 bits per heavy atom. The van der Waals surface area contributed by atoms with Crippen molar-refractivity contribution in [3.63, 3.8) is 0 Å². The van der Waals surface area contributed by atoms with Crippen molar-refractivity contribution in [3.05, 3.63) is 59.9 Å². The summed E-state index contributed by atoms with van der Waals surface area (Å²) < 4.78 is 1.92. The van der Waals surface area contributed by atoms with Gasteiger partial charge in [-0.1, -0.05) is 44.7 Å². The highest BCUT2D eigenvalue weighted by atomic mass is 32.2. The van der Waals surface area contributed by atoms with Crippen LogP contribution in [0, 0.1) is 6.92 Å². The van der Waals surface area contributed by atoms with Crippen LogP contribution in [0.3, 0.4) is 0 Å². The summed E-state index contributed by atoms with van der Waals surface area (Å²) in [7, 11) is 0. The van der Waals surface area contributed by atoms with E-state index in [4.69, 9.17) is 0 Å². The SMILES string of the molecule is CCN1CCN(c2ccc(NC(=O)CSc3nncn3-c3ccc(C(C)C)cc3)cc2C)CC1. The Bertz CT molecular complexity index is 1100. The summed E-state index contributed by atoms with van der Waals surface area (Å²) in [6, 6.07) is 14.5. The Kier molecular flexibility index (Phi) is 7.90. The molecule has 0 unspecified atom stereocenters. The van der Waals surface area contributed by atoms with Crippen molar-refractivity contribution < 1.29 is 4.79 Å². The van der Waals surface area contributed by atoms with Crippen LogP contribution in [0.1, 0.15) is 37.8 Å². The van der Waals surface area contributed by atoms with Gasteiger partial charge < -0.3 is 15.1 Å². The minimum Gasteiger partial charge on any atom is -0.369 e. The number of nitrogens with zero attached hydrogens (tertiary/aromatic N) is 5. The highest BCUT2D eigenvalue weighted by molar-refractivity contribution is 7.99. The van der Waals surface area contributed by atoms with Crippen LogP contribution in [0.5, 0.6) is 0 Å². The van der Waals surface area contributed by atoms with Gasteiger partial charge in [0.15, 0.2) is 5.16 Å². The third kappa shape index (κ3) is 5.80. The van der Waals surface area contributed by atoms with Crippen LogP contribution in [0.15, 0.2) is 53.9 Å². The van der Waals surface area contributed by atoms with Gasteiger partial charge in [0, 0.05) is 43.2 Å². The molecule has 8 heteroatoms. The molecule has 7 nitrogen and oxygen atoms in total. The van der Waals surface area contributed by atoms with E-state index in [9.17, 15) is 4.79 Å². The van der Waals surface area contributed by atoms with Crippen LogP contribution < -0.4 is 10.2 Å². The van der Waals surface area contributed by atoms with E-state index in [-0.39, 0.29) is 11.7 Å². The second kappa shape index (κ2) is 11.1. The Hall–Kier alpha value is -2.84. The number of hydrogen-bond acceptors (Lipinski definition) is 6. The number of thioether (sulfide) groups is 1. The minimum atomic E-state index is -0.0570. The van der Waals surface area contributed by atoms with Gasteiger partial charge >= 0.3 is 0 Å². The van der Waals surface area contributed by atoms with Crippen molar-refractivity contribution in [1.82, 2.24) is 19.7 Å². The van der Waals surface area contributed by atoms with Crippen LogP contribution in [-0.2, 0) is 4.79 Å². The van der Waals surface area contributed by atoms with Crippen LogP contribution in [0.4, 0.5) is 11.4 Å². The third-order valence-corrected chi connectivity index (χ3v) is 7.27. The highest BCUT2D eigenvalue weighted by Crippen LogP contribution is 2.26. The molecule has 3 aromatic rings. The van der Waals surface area contributed by atoms with E-state index in [1.54, 1.807) is 6.33 Å². The zero-order valence-corrected chi connectivity index (χ0v) is 21.3. The third-order valence-electron chi connectivity index (χ3n) is 6.33. The van der Waals surface area contributed by atoms with Crippen LogP contribution >= 0.6 is 11.8 Å². The molecule has 0 aliphatic carbocycles. The first-order valence-corrected chi connectivity index (χ1v) is 12.9. The fourth-order valence-corrected chi connectivity index (χ4v) is 4.97. The van der Waals surface area contributed by atoms with Gasteiger partial charge in [-0.05, 0) is 60.8 Å². The number of nitrogens with one attached hydrogen (secondary N) is 1. The molecule has 4 rings (SSSR count). The van der Waals surface area contributed by atoms with Crippen LogP contribution in [0.25, 0.3) is 5.69 Å². The predicted molar refractivity (Wildman–Crippen MR) is 140 cm³/mol. The highest BCUT2D eigenvalue weighted by Gasteiger charge is 2.18. The predicted octanol–water partition coefficient (Wildman–Crippen LogP) is 4.57. The zero-order valence-electron chi connectivity index (χ0n) is 20.5. The molecule has 2 aromatic carbocycles. The first-order valence-electron chi connectivity index (χ1n) is 12.0. The van der Waals surface area contributed by atoms with Crippen LogP contribution in [-0.4, -0.2) is 64.0 Å². The van der Waals surface area contributed by atoms with Gasteiger partial charge in [-0.2, -0.15) is 0 Å². The number of amides is 1. The van der Waals surface area contributed by atoms with Gasteiger partial charge in [0.05, 0.1) is 5.75 Å². The maximum atomic E-state index is 12.6. The maximum absolute atomic E-state index is 12.6. The molecule has 0 bridgehead atoms. The Balaban J connectivity index is 1.33. The summed E-state index contributed by atoms with van der Waals surface area (Å²) in [5.41, 5.74) is 5.53. The van der Waals surface area contributed by atoms with Crippen molar-refractivity contribution in [2.75, 3.05) is 48.7 Å². The largest absolute Gasteiger partial charge is 0.369 e. The summed E-state index contributed by atoms with van der Waals surface area (Å²) in [5.74, 6) is 0.692. The Labute approximate surface area is 206 Å². The molecule has 1 amide bonds. The van der Waals surface area contributed by atoms with Gasteiger partial charge in [0.2, 0.25) is 5.91 Å². The fourth-order valence-electron chi connectivity index (χ4n) is 4.24. The Morgan fingerprint density at radius 1 is 1.09 bits per heavy atom. The molecule has 34 heavy (non-hydrogen) atoms. The second-order valence-corrected chi connectivity index (χ2v) is 9.93. The van der Waals surface area contributed by atoms with E-state index >= 15 is 0 Å². The number of piperazine rings is 1. The lowest BCUT2D eigenvalue weighted by molar-refractivity contribution is -0.113. The van der Waals surface area contributed by atoms with E-state index in [0.717, 1.165) is 44.1 Å². The number of rotatable bonds is 8. The number of carbonyl (C=O) groups is 1. The fraction of sp³-hybridized carbons (Fsp3) is 0.423. The quantitative estimate of drug-likeness (QED) is 0.479. The van der Waals surface area contributed by atoms with Gasteiger partial charge in [0.1, 0.15) is 6.33 Å². The molecule has 0 spiro atoms. The molecular weight excluding hydrogens is 444 g/mol. The lowest BCUT2D eigenvalue weighted by Gasteiger charge is -2.36. The molecule has 2 heterocycles. The summed E-state index contributed by atoms with van der Waals surface area (Å²) in [5, 5.41) is 12.0. The number of likely N-dealkylation sites (N-methyl/N-ethyl adjacent to an activating group) is 1. The van der Waals surface area contributed by atoms with E-state index in [2.05, 4.69) is 89.4 Å². The van der Waals surface area contributed by atoms with Crippen molar-refractivity contribution in [1.29, 1.82) is 0 Å². The number of anilines is 2. The monoisotopic (exact) mass is 478 g/mol. The van der Waals surface area contributed by atoms with E-state index < -0.39 is 0 Å². The summed E-state index contributed by atoms with van der Waals surface area (Å²) in [6.07, 6.45) is 1.69. The molecule has 1 aromatic heterocycles. The number of benzene rings is 2. The van der Waals surface area contributed by atoms with Crippen molar-refractivity contribution >= 4 is 29.0 Å². The number of carbonyl (C=O) groups excluding carboxylic acids is 1. The topological polar surface area (TPSA) is 66.3 Å². The van der Waals surface area contributed by atoms with Crippen molar-refractivity contribution in [3.8, 4) is 5.69 Å². The zero-order chi connectivity index (χ0) is 24.1. The lowest BCUT2D eigenvalue weighted by Crippen LogP contribution is -2.46. The molecule has 0 saturated carbocycles. The molecule has 1 saturated heterocycles. The number of hydrogen-bond donors (Lipinski definition) is 1. The second-order valence-electron chi connectivity index (χ2n) is 8.99. The van der Waals surface area contributed by atoms with Crippen molar-refractivity contribution in [2.45, 2.75) is 38.8 Å². The van der Waals surface area contributed by atoms with Crippen molar-refractivity contribution in [2.24, 2.45) is 0 Å². The van der Waals surface area contributed by atoms with E-state index in [1.807, 2.05) is 10.6 Å². The molecule has 0 atom stereocenters. The van der Waals surface area contributed by atoms with Crippen LogP contribution in [0.2, 0.25) is 0 Å². The first-order chi connectivity index (χ1) is 16.4. The van der Waals surface area contributed by atoms with Gasteiger partial charge in [-0.25, -0.2) is 0 Å². The Morgan fingerprint density at radius 3 is 2.47 bits per heavy atom. The lowest BCUT2D eigenvalue weighted by atomic mass is 10.0. The maximum Gasteiger partial charge on any atom is 0.234 e.